The molecule has 2 aliphatic rings. The van der Waals surface area contributed by atoms with E-state index in [1.165, 1.54) is 24.1 Å². The van der Waals surface area contributed by atoms with Crippen molar-refractivity contribution in [2.45, 2.75) is 37.1 Å². The van der Waals surface area contributed by atoms with E-state index < -0.39 is 35.9 Å². The number of amides is 2. The van der Waals surface area contributed by atoms with Crippen LogP contribution in [0.3, 0.4) is 0 Å². The second kappa shape index (κ2) is 11.0. The van der Waals surface area contributed by atoms with Gasteiger partial charge in [-0.3, -0.25) is 9.59 Å². The second-order valence-electron chi connectivity index (χ2n) is 8.57. The molecule has 1 aliphatic heterocycles. The van der Waals surface area contributed by atoms with E-state index in [1.807, 2.05) is 18.2 Å². The molecule has 4 unspecified atom stereocenters. The van der Waals surface area contributed by atoms with E-state index in [0.29, 0.717) is 16.9 Å². The van der Waals surface area contributed by atoms with Gasteiger partial charge >= 0.3 is 0 Å². The average Bonchev–Trinajstić information content (AvgIpc) is 3.26. The minimum atomic E-state index is -1.13. The number of hydrogen-bond donors (Lipinski definition) is 3. The molecule has 0 fully saturated rings. The summed E-state index contributed by atoms with van der Waals surface area (Å²) in [6.45, 7) is 0.119. The summed E-state index contributed by atoms with van der Waals surface area (Å²) >= 11 is 0. The van der Waals surface area contributed by atoms with E-state index in [1.54, 1.807) is 24.3 Å². The van der Waals surface area contributed by atoms with Crippen molar-refractivity contribution in [1.82, 2.24) is 10.2 Å². The molecule has 0 saturated carbocycles. The number of nitrogens with zero attached hydrogens (tertiary/aromatic N) is 1. The molecule has 4 atom stereocenters. The van der Waals surface area contributed by atoms with E-state index >= 15 is 0 Å². The lowest BCUT2D eigenvalue weighted by Gasteiger charge is -2.40. The highest BCUT2D eigenvalue weighted by atomic mass is 19.1. The maximum atomic E-state index is 13.5. The van der Waals surface area contributed by atoms with Gasteiger partial charge in [0.15, 0.2) is 0 Å². The smallest absolute Gasteiger partial charge is 0.247 e. The fourth-order valence-electron chi connectivity index (χ4n) is 4.67. The van der Waals surface area contributed by atoms with Gasteiger partial charge in [-0.1, -0.05) is 30.3 Å². The molecule has 0 spiro atoms. The maximum absolute atomic E-state index is 13.5. The third kappa shape index (κ3) is 5.22. The van der Waals surface area contributed by atoms with Gasteiger partial charge in [0.05, 0.1) is 31.6 Å². The van der Waals surface area contributed by atoms with Crippen LogP contribution >= 0.6 is 0 Å². The molecule has 0 bridgehead atoms. The molecule has 1 aliphatic carbocycles. The summed E-state index contributed by atoms with van der Waals surface area (Å²) in [5.74, 6) is -1.05. The fraction of sp³-hybridized carbons (Fsp3) is 0.385. The third-order valence-corrected chi connectivity index (χ3v) is 6.34. The van der Waals surface area contributed by atoms with Crippen LogP contribution in [0.5, 0.6) is 5.75 Å². The van der Waals surface area contributed by atoms with Gasteiger partial charge in [0.25, 0.3) is 0 Å². The number of carbonyl (C=O) groups excluding carboxylic acids is 2. The minimum absolute atomic E-state index is 0.0648. The summed E-state index contributed by atoms with van der Waals surface area (Å²) in [5, 5.41) is 23.3. The number of nitrogens with one attached hydrogen (secondary N) is 1. The minimum Gasteiger partial charge on any atom is -0.486 e. The van der Waals surface area contributed by atoms with Gasteiger partial charge < -0.3 is 29.9 Å². The zero-order valence-corrected chi connectivity index (χ0v) is 19.4. The lowest BCUT2D eigenvalue weighted by atomic mass is 9.77. The Hall–Kier alpha value is -3.27. The first-order chi connectivity index (χ1) is 16.9. The average molecular weight is 485 g/mol. The summed E-state index contributed by atoms with van der Waals surface area (Å²) in [5.41, 5.74) is 1.80. The van der Waals surface area contributed by atoms with Gasteiger partial charge in [-0.15, -0.1) is 0 Å². The number of aliphatic hydroxyl groups excluding tert-OH is 2. The summed E-state index contributed by atoms with van der Waals surface area (Å²) < 4.78 is 24.6. The van der Waals surface area contributed by atoms with Crippen LogP contribution in [-0.4, -0.2) is 72.0 Å². The number of halogens is 1. The molecule has 2 aromatic rings. The molecular formula is C26H29FN2O6. The molecule has 4 rings (SSSR count). The molecule has 0 aromatic heterocycles. The van der Waals surface area contributed by atoms with E-state index in [2.05, 4.69) is 5.32 Å². The van der Waals surface area contributed by atoms with Crippen LogP contribution in [0.4, 0.5) is 4.39 Å². The van der Waals surface area contributed by atoms with Gasteiger partial charge in [0.2, 0.25) is 11.8 Å². The van der Waals surface area contributed by atoms with Crippen molar-refractivity contribution >= 4 is 11.8 Å². The van der Waals surface area contributed by atoms with E-state index in [9.17, 15) is 24.2 Å². The van der Waals surface area contributed by atoms with Crippen LogP contribution in [0.1, 0.15) is 23.5 Å². The molecule has 8 nitrogen and oxygen atoms in total. The number of carbonyl (C=O) groups is 2. The van der Waals surface area contributed by atoms with Crippen LogP contribution in [0, 0.1) is 5.82 Å². The molecule has 186 valence electrons. The highest BCUT2D eigenvalue weighted by Gasteiger charge is 2.50. The Labute approximate surface area is 203 Å². The molecule has 0 radical (unpaired) electrons. The zero-order chi connectivity index (χ0) is 24.9. The number of ether oxygens (including phenoxy) is 2. The highest BCUT2D eigenvalue weighted by Crippen LogP contribution is 2.47. The molecular weight excluding hydrogens is 455 g/mol. The van der Waals surface area contributed by atoms with E-state index in [-0.39, 0.29) is 38.6 Å². The Morgan fingerprint density at radius 2 is 1.91 bits per heavy atom. The lowest BCUT2D eigenvalue weighted by Crippen LogP contribution is -2.55. The summed E-state index contributed by atoms with van der Waals surface area (Å²) in [4.78, 5) is 27.8. The van der Waals surface area contributed by atoms with E-state index in [4.69, 9.17) is 9.47 Å². The van der Waals surface area contributed by atoms with Crippen LogP contribution in [0.25, 0.3) is 0 Å². The van der Waals surface area contributed by atoms with Crippen LogP contribution in [0.15, 0.2) is 60.2 Å². The largest absolute Gasteiger partial charge is 0.486 e. The van der Waals surface area contributed by atoms with Crippen LogP contribution in [0.2, 0.25) is 0 Å². The van der Waals surface area contributed by atoms with Crippen molar-refractivity contribution in [2.75, 3.05) is 26.9 Å². The van der Waals surface area contributed by atoms with Crippen molar-refractivity contribution in [3.8, 4) is 5.75 Å². The number of rotatable bonds is 9. The summed E-state index contributed by atoms with van der Waals surface area (Å²) in [6.07, 6.45) is -0.245. The number of para-hydroxylation sites is 1. The monoisotopic (exact) mass is 484 g/mol. The summed E-state index contributed by atoms with van der Waals surface area (Å²) in [6, 6.07) is 12.1. The topological polar surface area (TPSA) is 108 Å². The van der Waals surface area contributed by atoms with Gasteiger partial charge in [-0.25, -0.2) is 4.39 Å². The molecule has 9 heteroatoms. The number of methoxy groups -OCH3 is 1. The van der Waals surface area contributed by atoms with Crippen molar-refractivity contribution in [2.24, 2.45) is 0 Å². The standard InChI is InChI=1S/C26H29FN2O6/c1-34-13-10-22(31)29(15-16-6-8-17(27)9-7-16)20-14-19(26(33)28-11-12-30)23-18-4-2-3-5-21(18)35-25(23)24(20)32/h2-9,14,20,23-25,30,32H,10-13,15H2,1H3,(H,28,33). The van der Waals surface area contributed by atoms with Crippen LogP contribution in [-0.2, 0) is 20.9 Å². The Kier molecular flexibility index (Phi) is 7.80. The first-order valence-electron chi connectivity index (χ1n) is 11.5. The number of aliphatic hydroxyl groups is 2. The molecule has 2 aromatic carbocycles. The first kappa shape index (κ1) is 24.8. The molecule has 35 heavy (non-hydrogen) atoms. The normalized spacial score (nSPS) is 22.5. The highest BCUT2D eigenvalue weighted by molar-refractivity contribution is 5.96. The van der Waals surface area contributed by atoms with Gasteiger partial charge in [-0.2, -0.15) is 0 Å². The predicted octanol–water partition coefficient (Wildman–Crippen LogP) is 1.51. The van der Waals surface area contributed by atoms with Crippen LogP contribution < -0.4 is 10.1 Å². The Bertz CT molecular complexity index is 1090. The van der Waals surface area contributed by atoms with Gasteiger partial charge in [0, 0.05) is 31.3 Å². The van der Waals surface area contributed by atoms with Gasteiger partial charge in [0.1, 0.15) is 23.8 Å². The van der Waals surface area contributed by atoms with E-state index in [0.717, 1.165) is 5.56 Å². The lowest BCUT2D eigenvalue weighted by molar-refractivity contribution is -0.139. The Balaban J connectivity index is 1.74. The zero-order valence-electron chi connectivity index (χ0n) is 19.4. The third-order valence-electron chi connectivity index (χ3n) is 6.34. The second-order valence-corrected chi connectivity index (χ2v) is 8.57. The maximum Gasteiger partial charge on any atom is 0.247 e. The molecule has 1 heterocycles. The molecule has 3 N–H and O–H groups in total. The molecule has 2 amide bonds. The fourth-order valence-corrected chi connectivity index (χ4v) is 4.67. The van der Waals surface area contributed by atoms with Crippen molar-refractivity contribution in [1.29, 1.82) is 0 Å². The van der Waals surface area contributed by atoms with Crippen molar-refractivity contribution in [3.63, 3.8) is 0 Å². The molecule has 0 saturated heterocycles. The quantitative estimate of drug-likeness (QED) is 0.498. The number of benzene rings is 2. The predicted molar refractivity (Wildman–Crippen MR) is 125 cm³/mol. The van der Waals surface area contributed by atoms with Crippen molar-refractivity contribution in [3.05, 3.63) is 77.1 Å². The first-order valence-corrected chi connectivity index (χ1v) is 11.5. The van der Waals surface area contributed by atoms with Gasteiger partial charge in [-0.05, 0) is 29.8 Å². The Morgan fingerprint density at radius 3 is 2.63 bits per heavy atom. The number of hydrogen-bond acceptors (Lipinski definition) is 6. The van der Waals surface area contributed by atoms with Crippen molar-refractivity contribution < 1.29 is 33.7 Å². The Morgan fingerprint density at radius 1 is 1.17 bits per heavy atom. The number of fused-ring (bicyclic) bond motifs is 3. The summed E-state index contributed by atoms with van der Waals surface area (Å²) in [7, 11) is 1.49. The SMILES string of the molecule is COCCC(=O)N(Cc1ccc(F)cc1)C1C=C(C(=O)NCCO)C2c3ccccc3OC2C1O.